The second kappa shape index (κ2) is 6.78. The number of ether oxygens (including phenoxy) is 1. The Morgan fingerprint density at radius 1 is 1.45 bits per heavy atom. The number of rotatable bonds is 5. The monoisotopic (exact) mass is 435 g/mol. The zero-order valence-corrected chi connectivity index (χ0v) is 16.4. The molecule has 3 rings (SSSR count). The van der Waals surface area contributed by atoms with Gasteiger partial charge in [0.1, 0.15) is 11.6 Å². The predicted molar refractivity (Wildman–Crippen MR) is 95.5 cm³/mol. The molecule has 1 amide bonds. The van der Waals surface area contributed by atoms with Gasteiger partial charge in [-0.25, -0.2) is 8.42 Å². The van der Waals surface area contributed by atoms with Gasteiger partial charge in [-0.2, -0.15) is 13.2 Å². The number of amides is 1. The fraction of sp³-hybridized carbons (Fsp3) is 0.529. The first kappa shape index (κ1) is 21.2. The number of amidine groups is 1. The molecule has 3 N–H and O–H groups in total. The zero-order valence-electron chi connectivity index (χ0n) is 15.6. The summed E-state index contributed by atoms with van der Waals surface area (Å²) in [6, 6.07) is 3.14. The van der Waals surface area contributed by atoms with Crippen molar-refractivity contribution in [2.75, 3.05) is 19.3 Å². The van der Waals surface area contributed by atoms with Crippen molar-refractivity contribution in [1.29, 1.82) is 0 Å². The highest BCUT2D eigenvalue weighted by Gasteiger charge is 2.64. The van der Waals surface area contributed by atoms with Crippen LogP contribution in [0.4, 0.5) is 13.2 Å². The lowest BCUT2D eigenvalue weighted by atomic mass is 10.1. The maximum atomic E-state index is 13.0. The Morgan fingerprint density at radius 2 is 2.10 bits per heavy atom. The minimum absolute atomic E-state index is 0.00939. The fourth-order valence-corrected chi connectivity index (χ4v) is 4.22. The third kappa shape index (κ3) is 3.85. The molecule has 0 bridgehead atoms. The maximum Gasteiger partial charge on any atom is 0.425 e. The standard InChI is InChI=1S/C17H20F3N3O5S/c1-9(17(18,19)20)28-13-4-3-11(29(2,26)27)5-12(13)14(24)23-7-10-6-16(10,8-23)15(21)22-25/h3-5,9-10,25H,6-8H2,1-2H3,(H2,21,22)/t9-,10?,16?/m1/s1. The Kier molecular flexibility index (Phi) is 4.96. The number of benzene rings is 1. The van der Waals surface area contributed by atoms with Crippen LogP contribution in [-0.2, 0) is 9.84 Å². The van der Waals surface area contributed by atoms with Gasteiger partial charge in [0.2, 0.25) is 0 Å². The number of likely N-dealkylation sites (tertiary alicyclic amines) is 1. The van der Waals surface area contributed by atoms with Crippen molar-refractivity contribution in [3.63, 3.8) is 0 Å². The number of hydrogen-bond donors (Lipinski definition) is 2. The Morgan fingerprint density at radius 3 is 2.66 bits per heavy atom. The number of nitrogens with two attached hydrogens (primary N) is 1. The van der Waals surface area contributed by atoms with Crippen LogP contribution in [0.25, 0.3) is 0 Å². The van der Waals surface area contributed by atoms with Crippen molar-refractivity contribution in [3.8, 4) is 5.75 Å². The van der Waals surface area contributed by atoms with Crippen molar-refractivity contribution in [2.45, 2.75) is 30.5 Å². The number of hydrogen-bond acceptors (Lipinski definition) is 6. The molecule has 29 heavy (non-hydrogen) atoms. The van der Waals surface area contributed by atoms with Gasteiger partial charge in [0, 0.05) is 19.3 Å². The van der Waals surface area contributed by atoms with Crippen molar-refractivity contribution < 1.29 is 36.3 Å². The second-order valence-electron chi connectivity index (χ2n) is 7.46. The average Bonchev–Trinajstić information content (AvgIpc) is 3.20. The van der Waals surface area contributed by atoms with Crippen LogP contribution in [0.5, 0.6) is 5.75 Å². The molecule has 1 saturated heterocycles. The number of carbonyl (C=O) groups excluding carboxylic acids is 1. The van der Waals surface area contributed by atoms with Gasteiger partial charge in [0.15, 0.2) is 15.9 Å². The van der Waals surface area contributed by atoms with E-state index in [0.717, 1.165) is 31.4 Å². The summed E-state index contributed by atoms with van der Waals surface area (Å²) >= 11 is 0. The number of piperidine rings is 1. The number of carbonyl (C=O) groups is 1. The number of oxime groups is 1. The third-order valence-corrected chi connectivity index (χ3v) is 6.54. The van der Waals surface area contributed by atoms with Crippen LogP contribution in [0.15, 0.2) is 28.3 Å². The number of alkyl halides is 3. The molecule has 1 heterocycles. The molecule has 2 unspecified atom stereocenters. The average molecular weight is 435 g/mol. The van der Waals surface area contributed by atoms with Gasteiger partial charge in [0.25, 0.3) is 5.91 Å². The van der Waals surface area contributed by atoms with Crippen LogP contribution >= 0.6 is 0 Å². The topological polar surface area (TPSA) is 122 Å². The Balaban J connectivity index is 1.95. The Labute approximate surface area is 165 Å². The number of halogens is 3. The minimum Gasteiger partial charge on any atom is -0.480 e. The lowest BCUT2D eigenvalue weighted by Crippen LogP contribution is -2.37. The summed E-state index contributed by atoms with van der Waals surface area (Å²) in [5.41, 5.74) is 4.77. The van der Waals surface area contributed by atoms with E-state index in [0.29, 0.717) is 6.42 Å². The summed E-state index contributed by atoms with van der Waals surface area (Å²) in [6.45, 7) is 1.16. The summed E-state index contributed by atoms with van der Waals surface area (Å²) < 4.78 is 67.4. The quantitative estimate of drug-likeness (QED) is 0.314. The lowest BCUT2D eigenvalue weighted by Gasteiger charge is -2.24. The van der Waals surface area contributed by atoms with E-state index in [4.69, 9.17) is 15.7 Å². The smallest absolute Gasteiger partial charge is 0.425 e. The second-order valence-corrected chi connectivity index (χ2v) is 9.48. The lowest BCUT2D eigenvalue weighted by molar-refractivity contribution is -0.189. The van der Waals surface area contributed by atoms with E-state index >= 15 is 0 Å². The highest BCUT2D eigenvalue weighted by atomic mass is 32.2. The van der Waals surface area contributed by atoms with Crippen LogP contribution < -0.4 is 10.5 Å². The van der Waals surface area contributed by atoms with Gasteiger partial charge in [-0.15, -0.1) is 0 Å². The highest BCUT2D eigenvalue weighted by molar-refractivity contribution is 7.90. The summed E-state index contributed by atoms with van der Waals surface area (Å²) in [5.74, 6) is -1.09. The van der Waals surface area contributed by atoms with Crippen molar-refractivity contribution in [3.05, 3.63) is 23.8 Å². The van der Waals surface area contributed by atoms with E-state index in [1.165, 1.54) is 4.90 Å². The van der Waals surface area contributed by atoms with Crippen LogP contribution in [-0.4, -0.2) is 61.9 Å². The number of nitrogens with zero attached hydrogens (tertiary/aromatic N) is 2. The van der Waals surface area contributed by atoms with Crippen molar-refractivity contribution in [1.82, 2.24) is 4.90 Å². The molecule has 3 atom stereocenters. The number of fused-ring (bicyclic) bond motifs is 1. The van der Waals surface area contributed by atoms with E-state index in [1.807, 2.05) is 0 Å². The molecule has 12 heteroatoms. The Bertz CT molecular complexity index is 979. The van der Waals surface area contributed by atoms with Crippen LogP contribution in [0, 0.1) is 11.3 Å². The van der Waals surface area contributed by atoms with Gasteiger partial charge in [-0.05, 0) is 37.5 Å². The van der Waals surface area contributed by atoms with Crippen molar-refractivity contribution >= 4 is 21.6 Å². The molecule has 8 nitrogen and oxygen atoms in total. The molecule has 1 aromatic rings. The van der Waals surface area contributed by atoms with Crippen LogP contribution in [0.3, 0.4) is 0 Å². The van der Waals surface area contributed by atoms with E-state index in [1.54, 1.807) is 0 Å². The molecular formula is C17H20F3N3O5S. The van der Waals surface area contributed by atoms with E-state index in [9.17, 15) is 26.4 Å². The molecule has 2 fully saturated rings. The van der Waals surface area contributed by atoms with Crippen LogP contribution in [0.1, 0.15) is 23.7 Å². The van der Waals surface area contributed by atoms with E-state index < -0.39 is 33.4 Å². The van der Waals surface area contributed by atoms with E-state index in [-0.39, 0.29) is 41.1 Å². The van der Waals surface area contributed by atoms with Gasteiger partial charge >= 0.3 is 6.18 Å². The normalized spacial score (nSPS) is 25.5. The van der Waals surface area contributed by atoms with Crippen LogP contribution in [0.2, 0.25) is 0 Å². The zero-order chi connectivity index (χ0) is 21.8. The minimum atomic E-state index is -4.67. The highest BCUT2D eigenvalue weighted by Crippen LogP contribution is 2.58. The summed E-state index contributed by atoms with van der Waals surface area (Å²) in [7, 11) is -3.71. The molecule has 0 spiro atoms. The fourth-order valence-electron chi connectivity index (χ4n) is 3.57. The largest absolute Gasteiger partial charge is 0.480 e. The molecule has 160 valence electrons. The molecule has 2 aliphatic rings. The molecule has 1 saturated carbocycles. The summed E-state index contributed by atoms with van der Waals surface area (Å²) in [5, 5.41) is 11.9. The molecule has 1 aliphatic heterocycles. The third-order valence-electron chi connectivity index (χ3n) is 5.43. The van der Waals surface area contributed by atoms with Gasteiger partial charge < -0.3 is 20.6 Å². The van der Waals surface area contributed by atoms with Gasteiger partial charge in [0.05, 0.1) is 15.9 Å². The summed E-state index contributed by atoms with van der Waals surface area (Å²) in [4.78, 5) is 14.2. The summed E-state index contributed by atoms with van der Waals surface area (Å²) in [6.07, 6.45) is -5.31. The molecule has 1 aromatic carbocycles. The van der Waals surface area contributed by atoms with E-state index in [2.05, 4.69) is 5.16 Å². The first-order chi connectivity index (χ1) is 13.3. The first-order valence-corrected chi connectivity index (χ1v) is 10.5. The number of sulfone groups is 1. The SMILES string of the molecule is C[C@@H](Oc1ccc(S(C)(=O)=O)cc1C(=O)N1CC2CC2(C(N)=NO)C1)C(F)(F)F. The molecule has 1 aliphatic carbocycles. The maximum absolute atomic E-state index is 13.0. The molecular weight excluding hydrogens is 415 g/mol. The van der Waals surface area contributed by atoms with Gasteiger partial charge in [-0.3, -0.25) is 4.79 Å². The molecule has 0 aromatic heterocycles. The van der Waals surface area contributed by atoms with Gasteiger partial charge in [-0.1, -0.05) is 5.16 Å². The van der Waals surface area contributed by atoms with Crippen molar-refractivity contribution in [2.24, 2.45) is 22.2 Å². The first-order valence-electron chi connectivity index (χ1n) is 8.64. The molecule has 0 radical (unpaired) electrons. The Hall–Kier alpha value is -2.50. The predicted octanol–water partition coefficient (Wildman–Crippen LogP) is 1.63.